The number of carboxylic acids is 1. The number of aromatic carboxylic acids is 1. The molecule has 0 unspecified atom stereocenters. The van der Waals surface area contributed by atoms with Crippen LogP contribution in [0.1, 0.15) is 21.6 Å². The van der Waals surface area contributed by atoms with Crippen LogP contribution in [0.15, 0.2) is 36.8 Å². The number of pyridine rings is 1. The van der Waals surface area contributed by atoms with Gasteiger partial charge in [0.05, 0.1) is 11.0 Å². The molecule has 1 amide bonds. The van der Waals surface area contributed by atoms with Gasteiger partial charge in [0, 0.05) is 30.1 Å². The molecule has 0 saturated carbocycles. The Morgan fingerprint density at radius 3 is 3.00 bits per heavy atom. The average Bonchev–Trinajstić information content (AvgIpc) is 2.95. The topological polar surface area (TPSA) is 115 Å². The average molecular weight is 298 g/mol. The minimum atomic E-state index is -1.05. The van der Waals surface area contributed by atoms with E-state index in [1.165, 1.54) is 12.4 Å². The summed E-state index contributed by atoms with van der Waals surface area (Å²) in [6.07, 6.45) is 5.01. The smallest absolute Gasteiger partial charge is 0.337 e. The molecule has 7 nitrogen and oxygen atoms in total. The largest absolute Gasteiger partial charge is 0.478 e. The number of carbonyl (C=O) groups excluding carboxylic acids is 1. The van der Waals surface area contributed by atoms with Crippen molar-refractivity contribution in [1.29, 1.82) is 5.41 Å². The van der Waals surface area contributed by atoms with Crippen LogP contribution >= 0.6 is 0 Å². The first kappa shape index (κ1) is 14.0. The summed E-state index contributed by atoms with van der Waals surface area (Å²) in [7, 11) is 0. The molecule has 1 spiro atoms. The van der Waals surface area contributed by atoms with Crippen LogP contribution in [0.25, 0.3) is 0 Å². The highest BCUT2D eigenvalue weighted by atomic mass is 16.4. The van der Waals surface area contributed by atoms with Crippen molar-refractivity contribution in [3.63, 3.8) is 0 Å². The van der Waals surface area contributed by atoms with Crippen molar-refractivity contribution in [2.24, 2.45) is 5.41 Å². The Morgan fingerprint density at radius 1 is 1.55 bits per heavy atom. The molecule has 7 heteroatoms. The van der Waals surface area contributed by atoms with E-state index in [9.17, 15) is 9.59 Å². The first-order valence-electron chi connectivity index (χ1n) is 6.67. The molecule has 1 aromatic rings. The van der Waals surface area contributed by atoms with Crippen molar-refractivity contribution in [3.05, 3.63) is 53.6 Å². The molecule has 2 aliphatic rings. The van der Waals surface area contributed by atoms with Crippen LogP contribution < -0.4 is 10.6 Å². The molecule has 0 aromatic carbocycles. The number of rotatable bonds is 3. The van der Waals surface area contributed by atoms with Gasteiger partial charge in [-0.3, -0.25) is 15.2 Å². The molecule has 22 heavy (non-hydrogen) atoms. The Balaban J connectivity index is 2.04. The highest BCUT2D eigenvalue weighted by molar-refractivity contribution is 6.18. The van der Waals surface area contributed by atoms with Crippen molar-refractivity contribution >= 4 is 17.7 Å². The number of carbonyl (C=O) groups is 2. The van der Waals surface area contributed by atoms with E-state index in [0.717, 1.165) is 5.56 Å². The van der Waals surface area contributed by atoms with Gasteiger partial charge < -0.3 is 15.7 Å². The molecule has 1 aromatic heterocycles. The maximum absolute atomic E-state index is 12.4. The summed E-state index contributed by atoms with van der Waals surface area (Å²) in [5.41, 5.74) is 1.15. The van der Waals surface area contributed by atoms with E-state index >= 15 is 0 Å². The van der Waals surface area contributed by atoms with E-state index in [2.05, 4.69) is 22.2 Å². The molecule has 2 heterocycles. The van der Waals surface area contributed by atoms with Gasteiger partial charge in [-0.25, -0.2) is 4.79 Å². The van der Waals surface area contributed by atoms with Gasteiger partial charge in [0.25, 0.3) is 0 Å². The van der Waals surface area contributed by atoms with Gasteiger partial charge in [-0.05, 0) is 24.3 Å². The lowest BCUT2D eigenvalue weighted by atomic mass is 9.79. The molecular weight excluding hydrogens is 284 g/mol. The number of nitrogens with zero attached hydrogens (tertiary/aromatic N) is 1. The lowest BCUT2D eigenvalue weighted by Crippen LogP contribution is -2.33. The SMILES string of the molecule is C=CNC=C1C(=N)NC(=O)[C@]12Cc1cc(C(=O)O)cnc1C2. The number of aromatic nitrogens is 1. The van der Waals surface area contributed by atoms with Gasteiger partial charge in [-0.1, -0.05) is 6.58 Å². The van der Waals surface area contributed by atoms with Crippen LogP contribution in [0.2, 0.25) is 0 Å². The predicted molar refractivity (Wildman–Crippen MR) is 78.3 cm³/mol. The second kappa shape index (κ2) is 4.80. The van der Waals surface area contributed by atoms with E-state index in [0.29, 0.717) is 24.1 Å². The molecule has 3 rings (SSSR count). The Hall–Kier alpha value is -2.96. The summed E-state index contributed by atoms with van der Waals surface area (Å²) in [5, 5.41) is 22.3. The number of amidine groups is 1. The highest BCUT2D eigenvalue weighted by Gasteiger charge is 2.53. The molecule has 0 bridgehead atoms. The van der Waals surface area contributed by atoms with E-state index < -0.39 is 11.4 Å². The van der Waals surface area contributed by atoms with Gasteiger partial charge in [0.15, 0.2) is 0 Å². The van der Waals surface area contributed by atoms with E-state index in [1.807, 2.05) is 0 Å². The number of hydrogen-bond donors (Lipinski definition) is 4. The van der Waals surface area contributed by atoms with Crippen LogP contribution in [0, 0.1) is 10.8 Å². The monoisotopic (exact) mass is 298 g/mol. The first-order chi connectivity index (χ1) is 10.5. The lowest BCUT2D eigenvalue weighted by molar-refractivity contribution is -0.125. The third kappa shape index (κ3) is 1.90. The molecule has 1 atom stereocenters. The Bertz CT molecular complexity index is 753. The number of carboxylic acid groups (broad SMARTS) is 1. The summed E-state index contributed by atoms with van der Waals surface area (Å²) in [6, 6.07) is 1.55. The molecule has 112 valence electrons. The summed E-state index contributed by atoms with van der Waals surface area (Å²) >= 11 is 0. The zero-order chi connectivity index (χ0) is 15.9. The standard InChI is InChI=1S/C15H14N4O3/c1-2-17-7-10-12(16)19-14(22)15(10)4-8-3-9(13(20)21)6-18-11(8)5-15/h2-3,6-7,17H,1,4-5H2,(H,20,21)(H2,16,19,22)/t15-/m0/s1. The summed E-state index contributed by atoms with van der Waals surface area (Å²) in [4.78, 5) is 27.6. The molecule has 1 aliphatic heterocycles. The van der Waals surface area contributed by atoms with E-state index in [1.54, 1.807) is 12.3 Å². The zero-order valence-corrected chi connectivity index (χ0v) is 11.6. The minimum absolute atomic E-state index is 0.0469. The van der Waals surface area contributed by atoms with Crippen molar-refractivity contribution < 1.29 is 14.7 Å². The Labute approximate surface area is 126 Å². The maximum atomic E-state index is 12.4. The predicted octanol–water partition coefficient (Wildman–Crippen LogP) is 0.589. The molecule has 1 aliphatic carbocycles. The fourth-order valence-corrected chi connectivity index (χ4v) is 3.01. The summed E-state index contributed by atoms with van der Waals surface area (Å²) in [5.74, 6) is -1.26. The number of fused-ring (bicyclic) bond motifs is 1. The quantitative estimate of drug-likeness (QED) is 0.652. The van der Waals surface area contributed by atoms with Crippen LogP contribution in [0.5, 0.6) is 0 Å². The lowest BCUT2D eigenvalue weighted by Gasteiger charge is -2.20. The summed E-state index contributed by atoms with van der Waals surface area (Å²) in [6.45, 7) is 3.54. The van der Waals surface area contributed by atoms with Gasteiger partial charge in [0.1, 0.15) is 5.84 Å². The fourth-order valence-electron chi connectivity index (χ4n) is 3.01. The molecule has 0 radical (unpaired) electrons. The molecule has 1 saturated heterocycles. The third-order valence-corrected chi connectivity index (χ3v) is 4.07. The maximum Gasteiger partial charge on any atom is 0.337 e. The van der Waals surface area contributed by atoms with Gasteiger partial charge in [-0.15, -0.1) is 0 Å². The number of nitrogens with one attached hydrogen (secondary N) is 3. The van der Waals surface area contributed by atoms with Crippen LogP contribution in [-0.2, 0) is 17.6 Å². The van der Waals surface area contributed by atoms with Crippen molar-refractivity contribution in [2.45, 2.75) is 12.8 Å². The van der Waals surface area contributed by atoms with Crippen molar-refractivity contribution in [1.82, 2.24) is 15.6 Å². The van der Waals surface area contributed by atoms with Crippen LogP contribution in [0.4, 0.5) is 0 Å². The second-order valence-corrected chi connectivity index (χ2v) is 5.33. The van der Waals surface area contributed by atoms with Gasteiger partial charge >= 0.3 is 5.97 Å². The highest BCUT2D eigenvalue weighted by Crippen LogP contribution is 2.45. The first-order valence-corrected chi connectivity index (χ1v) is 6.67. The van der Waals surface area contributed by atoms with Crippen LogP contribution in [-0.4, -0.2) is 27.8 Å². The van der Waals surface area contributed by atoms with E-state index in [4.69, 9.17) is 10.5 Å². The van der Waals surface area contributed by atoms with Gasteiger partial charge in [0.2, 0.25) is 5.91 Å². The van der Waals surface area contributed by atoms with Crippen LogP contribution in [0.3, 0.4) is 0 Å². The third-order valence-electron chi connectivity index (χ3n) is 4.07. The molecule has 4 N–H and O–H groups in total. The minimum Gasteiger partial charge on any atom is -0.478 e. The number of amides is 1. The Morgan fingerprint density at radius 2 is 2.32 bits per heavy atom. The summed E-state index contributed by atoms with van der Waals surface area (Å²) < 4.78 is 0. The zero-order valence-electron chi connectivity index (χ0n) is 11.6. The van der Waals surface area contributed by atoms with Crippen molar-refractivity contribution in [2.75, 3.05) is 0 Å². The Kier molecular flexibility index (Phi) is 3.05. The van der Waals surface area contributed by atoms with Crippen molar-refractivity contribution in [3.8, 4) is 0 Å². The molecule has 1 fully saturated rings. The second-order valence-electron chi connectivity index (χ2n) is 5.33. The van der Waals surface area contributed by atoms with E-state index in [-0.39, 0.29) is 17.3 Å². The fraction of sp³-hybridized carbons (Fsp3) is 0.200. The molecular formula is C15H14N4O3. The normalized spacial score (nSPS) is 24.5. The van der Waals surface area contributed by atoms with Gasteiger partial charge in [-0.2, -0.15) is 0 Å². The number of hydrogen-bond acceptors (Lipinski definition) is 5.